The van der Waals surface area contributed by atoms with Crippen LogP contribution in [-0.4, -0.2) is 35.6 Å². The summed E-state index contributed by atoms with van der Waals surface area (Å²) in [5.74, 6) is -0.915. The van der Waals surface area contributed by atoms with E-state index in [2.05, 4.69) is 20.6 Å². The molecule has 0 aromatic heterocycles. The van der Waals surface area contributed by atoms with Crippen molar-refractivity contribution in [2.75, 3.05) is 11.9 Å². The second kappa shape index (κ2) is 7.16. The Hall–Kier alpha value is -2.97. The van der Waals surface area contributed by atoms with Gasteiger partial charge in [0.15, 0.2) is 6.61 Å². The number of nitrogens with one attached hydrogen (secondary N) is 2. The molecule has 0 atom stereocenters. The van der Waals surface area contributed by atoms with Crippen LogP contribution >= 0.6 is 0 Å². The average Bonchev–Trinajstić information content (AvgIpc) is 3.28. The number of nitrogens with zero attached hydrogens (tertiary/aromatic N) is 2. The zero-order chi connectivity index (χ0) is 15.9. The van der Waals surface area contributed by atoms with E-state index < -0.39 is 10.8 Å². The van der Waals surface area contributed by atoms with Crippen LogP contribution in [0.5, 0.6) is 0 Å². The van der Waals surface area contributed by atoms with Crippen LogP contribution in [0.15, 0.2) is 29.4 Å². The maximum Gasteiger partial charge on any atom is 0.271 e. The summed E-state index contributed by atoms with van der Waals surface area (Å²) in [6.07, 6.45) is 2.80. The minimum absolute atomic E-state index is 0.136. The number of nitro groups is 1. The molecule has 0 unspecified atom stereocenters. The Labute approximate surface area is 125 Å². The summed E-state index contributed by atoms with van der Waals surface area (Å²) in [5.41, 5.74) is 0.125. The van der Waals surface area contributed by atoms with E-state index in [0.717, 1.165) is 19.1 Å². The first-order valence-corrected chi connectivity index (χ1v) is 6.55. The molecule has 0 aliphatic heterocycles. The molecule has 2 N–H and O–H groups in total. The molecule has 0 radical (unpaired) electrons. The molecule has 0 bridgehead atoms. The van der Waals surface area contributed by atoms with E-state index in [0.29, 0.717) is 0 Å². The largest absolute Gasteiger partial charge is 0.386 e. The second-order valence-corrected chi connectivity index (χ2v) is 4.65. The van der Waals surface area contributed by atoms with Gasteiger partial charge in [0.2, 0.25) is 0 Å². The lowest BCUT2D eigenvalue weighted by molar-refractivity contribution is -0.384. The summed E-state index contributed by atoms with van der Waals surface area (Å²) in [6, 6.07) is 5.71. The first-order valence-electron chi connectivity index (χ1n) is 6.55. The fraction of sp³-hybridized carbons (Fsp3) is 0.308. The smallest absolute Gasteiger partial charge is 0.271 e. The molecule has 1 aliphatic carbocycles. The number of benzene rings is 1. The first-order chi connectivity index (χ1) is 10.5. The predicted octanol–water partition coefficient (Wildman–Crippen LogP) is 0.814. The van der Waals surface area contributed by atoms with Gasteiger partial charge in [-0.15, -0.1) is 0 Å². The van der Waals surface area contributed by atoms with E-state index in [1.807, 2.05) is 0 Å². The minimum Gasteiger partial charge on any atom is -0.386 e. The molecule has 1 aromatic carbocycles. The Morgan fingerprint density at radius 2 is 2.23 bits per heavy atom. The van der Waals surface area contributed by atoms with Crippen LogP contribution in [0.25, 0.3) is 0 Å². The Balaban J connectivity index is 1.74. The molecule has 9 nitrogen and oxygen atoms in total. The molecule has 0 saturated heterocycles. The third kappa shape index (κ3) is 5.19. The molecule has 2 rings (SSSR count). The highest BCUT2D eigenvalue weighted by atomic mass is 16.6. The zero-order valence-corrected chi connectivity index (χ0v) is 11.5. The van der Waals surface area contributed by atoms with Gasteiger partial charge in [-0.2, -0.15) is 0 Å². The third-order valence-corrected chi connectivity index (χ3v) is 2.71. The van der Waals surface area contributed by atoms with E-state index in [-0.39, 0.29) is 29.9 Å². The van der Waals surface area contributed by atoms with E-state index in [1.165, 1.54) is 24.3 Å². The Bertz CT molecular complexity index is 612. The maximum atomic E-state index is 11.5. The molecular weight excluding hydrogens is 292 g/mol. The molecule has 1 aliphatic rings. The normalized spacial score (nSPS) is 13.6. The molecule has 1 fully saturated rings. The number of carbonyl (C=O) groups is 2. The standard InChI is InChI=1S/C13H14N4O5/c18-12(7-14-22-8-13(19)15-9-4-5-9)16-10-2-1-3-11(6-10)17(20)21/h1-3,6-7,9H,4-5,8H2,(H,15,19)(H,16,18)/b14-7-. The molecule has 0 spiro atoms. The fourth-order valence-electron chi connectivity index (χ4n) is 1.55. The van der Waals surface area contributed by atoms with Crippen LogP contribution in [0.1, 0.15) is 12.8 Å². The number of carbonyl (C=O) groups excluding carboxylic acids is 2. The molecular formula is C13H14N4O5. The van der Waals surface area contributed by atoms with Gasteiger partial charge < -0.3 is 15.5 Å². The highest BCUT2D eigenvalue weighted by molar-refractivity contribution is 6.31. The van der Waals surface area contributed by atoms with Gasteiger partial charge in [-0.25, -0.2) is 0 Å². The number of non-ortho nitro benzene ring substituents is 1. The summed E-state index contributed by atoms with van der Waals surface area (Å²) in [5, 5.41) is 19.1. The van der Waals surface area contributed by atoms with Crippen molar-refractivity contribution in [3.63, 3.8) is 0 Å². The summed E-state index contributed by atoms with van der Waals surface area (Å²) in [4.78, 5) is 37.5. The Morgan fingerprint density at radius 1 is 1.45 bits per heavy atom. The van der Waals surface area contributed by atoms with Gasteiger partial charge in [0.1, 0.15) is 6.21 Å². The first kappa shape index (κ1) is 15.4. The predicted molar refractivity (Wildman–Crippen MR) is 77.3 cm³/mol. The summed E-state index contributed by atoms with van der Waals surface area (Å²) >= 11 is 0. The number of hydrogen-bond donors (Lipinski definition) is 2. The van der Waals surface area contributed by atoms with E-state index in [1.54, 1.807) is 0 Å². The van der Waals surface area contributed by atoms with Crippen molar-refractivity contribution in [1.29, 1.82) is 0 Å². The zero-order valence-electron chi connectivity index (χ0n) is 11.5. The van der Waals surface area contributed by atoms with E-state index in [4.69, 9.17) is 0 Å². The van der Waals surface area contributed by atoms with Crippen LogP contribution in [0.3, 0.4) is 0 Å². The minimum atomic E-state index is -0.622. The summed E-state index contributed by atoms with van der Waals surface area (Å²) in [7, 11) is 0. The van der Waals surface area contributed by atoms with Crippen molar-refractivity contribution in [3.8, 4) is 0 Å². The van der Waals surface area contributed by atoms with Crippen molar-refractivity contribution >= 4 is 29.4 Å². The lowest BCUT2D eigenvalue weighted by atomic mass is 10.3. The van der Waals surface area contributed by atoms with Gasteiger partial charge in [0, 0.05) is 23.9 Å². The topological polar surface area (TPSA) is 123 Å². The molecule has 2 amide bonds. The van der Waals surface area contributed by atoms with Crippen molar-refractivity contribution in [1.82, 2.24) is 5.32 Å². The van der Waals surface area contributed by atoms with Gasteiger partial charge in [-0.3, -0.25) is 19.7 Å². The van der Waals surface area contributed by atoms with Gasteiger partial charge in [0.25, 0.3) is 17.5 Å². The van der Waals surface area contributed by atoms with Gasteiger partial charge in [0.05, 0.1) is 4.92 Å². The number of amides is 2. The molecule has 22 heavy (non-hydrogen) atoms. The number of hydrogen-bond acceptors (Lipinski definition) is 6. The lowest BCUT2D eigenvalue weighted by Gasteiger charge is -2.02. The number of nitro benzene ring substituents is 1. The monoisotopic (exact) mass is 306 g/mol. The summed E-state index contributed by atoms with van der Waals surface area (Å²) < 4.78 is 0. The highest BCUT2D eigenvalue weighted by Crippen LogP contribution is 2.18. The van der Waals surface area contributed by atoms with E-state index in [9.17, 15) is 19.7 Å². The van der Waals surface area contributed by atoms with Crippen molar-refractivity contribution in [2.45, 2.75) is 18.9 Å². The number of rotatable bonds is 7. The maximum absolute atomic E-state index is 11.5. The van der Waals surface area contributed by atoms with Crippen molar-refractivity contribution in [3.05, 3.63) is 34.4 Å². The van der Waals surface area contributed by atoms with Crippen LogP contribution in [0.4, 0.5) is 11.4 Å². The SMILES string of the molecule is O=C(/C=N\OCC(=O)NC1CC1)Nc1cccc([N+](=O)[O-])c1. The fourth-order valence-corrected chi connectivity index (χ4v) is 1.55. The third-order valence-electron chi connectivity index (χ3n) is 2.71. The van der Waals surface area contributed by atoms with Crippen molar-refractivity contribution in [2.24, 2.45) is 5.16 Å². The van der Waals surface area contributed by atoms with Gasteiger partial charge in [-0.05, 0) is 18.9 Å². The molecule has 0 heterocycles. The highest BCUT2D eigenvalue weighted by Gasteiger charge is 2.23. The molecule has 1 saturated carbocycles. The van der Waals surface area contributed by atoms with Crippen LogP contribution in [0.2, 0.25) is 0 Å². The molecule has 116 valence electrons. The van der Waals surface area contributed by atoms with Gasteiger partial charge >= 0.3 is 0 Å². The lowest BCUT2D eigenvalue weighted by Crippen LogP contribution is -2.28. The molecule has 1 aromatic rings. The van der Waals surface area contributed by atoms with Gasteiger partial charge in [-0.1, -0.05) is 11.2 Å². The van der Waals surface area contributed by atoms with Crippen LogP contribution in [-0.2, 0) is 14.4 Å². The Morgan fingerprint density at radius 3 is 2.91 bits per heavy atom. The van der Waals surface area contributed by atoms with Crippen LogP contribution < -0.4 is 10.6 Å². The number of oxime groups is 1. The summed E-state index contributed by atoms with van der Waals surface area (Å²) in [6.45, 7) is -0.267. The number of anilines is 1. The molecule has 9 heteroatoms. The van der Waals surface area contributed by atoms with Crippen LogP contribution in [0, 0.1) is 10.1 Å². The van der Waals surface area contributed by atoms with Crippen molar-refractivity contribution < 1.29 is 19.3 Å². The average molecular weight is 306 g/mol. The quantitative estimate of drug-likeness (QED) is 0.438. The van der Waals surface area contributed by atoms with E-state index >= 15 is 0 Å². The Kier molecular flexibility index (Phi) is 5.02. The second-order valence-electron chi connectivity index (χ2n) is 4.65.